The van der Waals surface area contributed by atoms with Gasteiger partial charge in [0, 0.05) is 11.5 Å². The summed E-state index contributed by atoms with van der Waals surface area (Å²) in [6.07, 6.45) is 0.0362. The maximum absolute atomic E-state index is 11.5. The standard InChI is InChI=1S/C14H15NO5/c1-8-6-13(19)20-14-9(8)2-3-11(16)10(14)7-15-5-4-12(17)18/h2-3,6,15-16H,4-5,7H2,1H3,(H,17,18)/p+1. The van der Waals surface area contributed by atoms with Crippen LogP contribution in [0.4, 0.5) is 0 Å². The number of phenols is 1. The molecular formula is C14H16NO5+. The van der Waals surface area contributed by atoms with E-state index in [1.807, 2.05) is 0 Å². The van der Waals surface area contributed by atoms with Gasteiger partial charge in [0.2, 0.25) is 0 Å². The van der Waals surface area contributed by atoms with Crippen molar-refractivity contribution in [2.24, 2.45) is 0 Å². The highest BCUT2D eigenvalue weighted by molar-refractivity contribution is 5.84. The van der Waals surface area contributed by atoms with E-state index in [1.165, 1.54) is 6.07 Å². The summed E-state index contributed by atoms with van der Waals surface area (Å²) in [6, 6.07) is 4.65. The van der Waals surface area contributed by atoms with Gasteiger partial charge in [-0.15, -0.1) is 0 Å². The fourth-order valence-corrected chi connectivity index (χ4v) is 2.10. The predicted octanol–water partition coefficient (Wildman–Crippen LogP) is 0.345. The fourth-order valence-electron chi connectivity index (χ4n) is 2.10. The summed E-state index contributed by atoms with van der Waals surface area (Å²) < 4.78 is 5.18. The molecule has 0 saturated heterocycles. The van der Waals surface area contributed by atoms with Crippen molar-refractivity contribution < 1.29 is 24.7 Å². The molecule has 4 N–H and O–H groups in total. The van der Waals surface area contributed by atoms with E-state index in [0.717, 1.165) is 10.9 Å². The number of aromatic hydroxyl groups is 1. The molecule has 106 valence electrons. The van der Waals surface area contributed by atoms with Crippen LogP contribution in [0.1, 0.15) is 17.5 Å². The lowest BCUT2D eigenvalue weighted by atomic mass is 10.1. The fraction of sp³-hybridized carbons (Fsp3) is 0.286. The Labute approximate surface area is 114 Å². The molecule has 0 aliphatic carbocycles. The average Bonchev–Trinajstić information content (AvgIpc) is 2.36. The first kappa shape index (κ1) is 14.1. The summed E-state index contributed by atoms with van der Waals surface area (Å²) in [5.74, 6) is -0.830. The zero-order valence-corrected chi connectivity index (χ0v) is 11.0. The maximum Gasteiger partial charge on any atom is 0.336 e. The minimum Gasteiger partial charge on any atom is -0.507 e. The molecule has 0 saturated carbocycles. The number of phenolic OH excluding ortho intramolecular Hbond substituents is 1. The first-order valence-electron chi connectivity index (χ1n) is 6.28. The van der Waals surface area contributed by atoms with Crippen molar-refractivity contribution in [2.75, 3.05) is 6.54 Å². The van der Waals surface area contributed by atoms with Crippen LogP contribution in [-0.4, -0.2) is 22.7 Å². The molecule has 1 heterocycles. The van der Waals surface area contributed by atoms with Gasteiger partial charge in [0.15, 0.2) is 5.58 Å². The second-order valence-electron chi connectivity index (χ2n) is 4.61. The molecule has 20 heavy (non-hydrogen) atoms. The molecule has 0 fully saturated rings. The van der Waals surface area contributed by atoms with E-state index in [-0.39, 0.29) is 12.2 Å². The summed E-state index contributed by atoms with van der Waals surface area (Å²) in [5.41, 5.74) is 1.19. The Kier molecular flexibility index (Phi) is 4.05. The minimum absolute atomic E-state index is 0.0362. The van der Waals surface area contributed by atoms with Gasteiger partial charge in [-0.1, -0.05) is 0 Å². The van der Waals surface area contributed by atoms with Crippen molar-refractivity contribution >= 4 is 16.9 Å². The third kappa shape index (κ3) is 2.97. The number of carboxylic acids is 1. The second kappa shape index (κ2) is 5.75. The van der Waals surface area contributed by atoms with Crippen LogP contribution in [0, 0.1) is 6.92 Å². The number of nitrogens with two attached hydrogens (primary N) is 1. The Balaban J connectivity index is 2.33. The highest BCUT2D eigenvalue weighted by atomic mass is 16.4. The molecule has 1 aromatic carbocycles. The van der Waals surface area contributed by atoms with Crippen molar-refractivity contribution in [3.8, 4) is 5.75 Å². The van der Waals surface area contributed by atoms with Gasteiger partial charge in [-0.25, -0.2) is 4.79 Å². The van der Waals surface area contributed by atoms with Crippen molar-refractivity contribution in [1.29, 1.82) is 0 Å². The van der Waals surface area contributed by atoms with Crippen molar-refractivity contribution in [3.63, 3.8) is 0 Å². The quantitative estimate of drug-likeness (QED) is 0.540. The van der Waals surface area contributed by atoms with Crippen LogP contribution in [0.15, 0.2) is 27.4 Å². The summed E-state index contributed by atoms with van der Waals surface area (Å²) in [7, 11) is 0. The van der Waals surface area contributed by atoms with E-state index in [2.05, 4.69) is 0 Å². The Morgan fingerprint density at radius 2 is 2.15 bits per heavy atom. The van der Waals surface area contributed by atoms with E-state index in [0.29, 0.717) is 24.2 Å². The lowest BCUT2D eigenvalue weighted by Crippen LogP contribution is -2.82. The molecule has 6 heteroatoms. The Hall–Kier alpha value is -2.34. The van der Waals surface area contributed by atoms with Gasteiger partial charge in [-0.2, -0.15) is 0 Å². The molecule has 2 aromatic rings. The first-order chi connectivity index (χ1) is 9.49. The van der Waals surface area contributed by atoms with Crippen LogP contribution in [0.3, 0.4) is 0 Å². The summed E-state index contributed by atoms with van der Waals surface area (Å²) in [4.78, 5) is 21.9. The van der Waals surface area contributed by atoms with E-state index >= 15 is 0 Å². The van der Waals surface area contributed by atoms with E-state index in [9.17, 15) is 14.7 Å². The summed E-state index contributed by atoms with van der Waals surface area (Å²) >= 11 is 0. The predicted molar refractivity (Wildman–Crippen MR) is 71.6 cm³/mol. The maximum atomic E-state index is 11.5. The highest BCUT2D eigenvalue weighted by Gasteiger charge is 2.13. The molecule has 0 unspecified atom stereocenters. The number of rotatable bonds is 5. The number of aryl methyl sites for hydroxylation is 1. The molecular weight excluding hydrogens is 262 g/mol. The molecule has 0 atom stereocenters. The summed E-state index contributed by atoms with van der Waals surface area (Å²) in [5, 5.41) is 21.0. The third-order valence-corrected chi connectivity index (χ3v) is 3.11. The van der Waals surface area contributed by atoms with Gasteiger partial charge >= 0.3 is 11.6 Å². The van der Waals surface area contributed by atoms with Crippen LogP contribution < -0.4 is 10.9 Å². The minimum atomic E-state index is -0.870. The van der Waals surface area contributed by atoms with Crippen LogP contribution in [0.2, 0.25) is 0 Å². The number of hydrogen-bond donors (Lipinski definition) is 3. The second-order valence-corrected chi connectivity index (χ2v) is 4.61. The molecule has 0 aliphatic heterocycles. The van der Waals surface area contributed by atoms with Crippen LogP contribution in [0.5, 0.6) is 5.75 Å². The number of carboxylic acid groups (broad SMARTS) is 1. The zero-order chi connectivity index (χ0) is 14.7. The average molecular weight is 278 g/mol. The number of hydrogen-bond acceptors (Lipinski definition) is 4. The van der Waals surface area contributed by atoms with Gasteiger partial charge in [-0.05, 0) is 24.6 Å². The largest absolute Gasteiger partial charge is 0.507 e. The SMILES string of the molecule is Cc1cc(=O)oc2c(C[NH2+]CCC(=O)O)c(O)ccc12. The number of benzene rings is 1. The van der Waals surface area contributed by atoms with E-state index in [4.69, 9.17) is 9.52 Å². The van der Waals surface area contributed by atoms with Gasteiger partial charge in [0.1, 0.15) is 12.3 Å². The highest BCUT2D eigenvalue weighted by Crippen LogP contribution is 2.27. The van der Waals surface area contributed by atoms with Gasteiger partial charge in [-0.3, -0.25) is 4.79 Å². The number of fused-ring (bicyclic) bond motifs is 1. The lowest BCUT2D eigenvalue weighted by molar-refractivity contribution is -0.669. The van der Waals surface area contributed by atoms with Crippen molar-refractivity contribution in [1.82, 2.24) is 0 Å². The molecule has 1 aromatic heterocycles. The molecule has 0 bridgehead atoms. The van der Waals surface area contributed by atoms with Crippen molar-refractivity contribution in [3.05, 3.63) is 39.7 Å². The van der Waals surface area contributed by atoms with Gasteiger partial charge in [0.25, 0.3) is 0 Å². The van der Waals surface area contributed by atoms with E-state index < -0.39 is 11.6 Å². The van der Waals surface area contributed by atoms with Gasteiger partial charge < -0.3 is 19.9 Å². The lowest BCUT2D eigenvalue weighted by Gasteiger charge is -2.08. The monoisotopic (exact) mass is 278 g/mol. The topological polar surface area (TPSA) is 104 Å². The van der Waals surface area contributed by atoms with Crippen LogP contribution >= 0.6 is 0 Å². The first-order valence-corrected chi connectivity index (χ1v) is 6.28. The van der Waals surface area contributed by atoms with Crippen molar-refractivity contribution in [2.45, 2.75) is 19.9 Å². The molecule has 0 spiro atoms. The Morgan fingerprint density at radius 1 is 1.40 bits per heavy atom. The zero-order valence-electron chi connectivity index (χ0n) is 11.0. The Bertz CT molecular complexity index is 705. The Morgan fingerprint density at radius 3 is 2.85 bits per heavy atom. The van der Waals surface area contributed by atoms with E-state index in [1.54, 1.807) is 24.4 Å². The smallest absolute Gasteiger partial charge is 0.336 e. The number of carbonyl (C=O) groups is 1. The molecule has 0 aliphatic rings. The number of quaternary nitrogens is 1. The molecule has 0 amide bonds. The molecule has 6 nitrogen and oxygen atoms in total. The summed E-state index contributed by atoms with van der Waals surface area (Å²) in [6.45, 7) is 2.54. The third-order valence-electron chi connectivity index (χ3n) is 3.11. The number of aliphatic carboxylic acids is 1. The molecule has 2 rings (SSSR count). The normalized spacial score (nSPS) is 10.8. The van der Waals surface area contributed by atoms with Gasteiger partial charge in [0.05, 0.1) is 18.5 Å². The van der Waals surface area contributed by atoms with Crippen LogP contribution in [0.25, 0.3) is 11.0 Å². The van der Waals surface area contributed by atoms with Crippen LogP contribution in [-0.2, 0) is 11.3 Å². The molecule has 0 radical (unpaired) electrons.